The fraction of sp³-hybridized carbons (Fsp3) is 0.357. The predicted molar refractivity (Wildman–Crippen MR) is 79.5 cm³/mol. The molecule has 0 saturated carbocycles. The fourth-order valence-corrected chi connectivity index (χ4v) is 2.90. The normalized spacial score (nSPS) is 17.4. The van der Waals surface area contributed by atoms with Gasteiger partial charge in [0, 0.05) is 19.3 Å². The molecule has 2 amide bonds. The zero-order chi connectivity index (χ0) is 15.4. The number of nitrogens with zero attached hydrogens (tertiary/aromatic N) is 1. The van der Waals surface area contributed by atoms with Crippen molar-refractivity contribution in [2.75, 3.05) is 19.3 Å². The number of amides is 2. The summed E-state index contributed by atoms with van der Waals surface area (Å²) in [5.74, 6) is -0.687. The van der Waals surface area contributed by atoms with Gasteiger partial charge in [-0.05, 0) is 18.1 Å². The van der Waals surface area contributed by atoms with Crippen LogP contribution in [0.15, 0.2) is 24.3 Å². The first-order valence-corrected chi connectivity index (χ1v) is 7.47. The van der Waals surface area contributed by atoms with Crippen LogP contribution in [0.3, 0.4) is 0 Å². The number of rotatable bonds is 5. The highest BCUT2D eigenvalue weighted by Crippen LogP contribution is 2.15. The molecule has 112 valence electrons. The van der Waals surface area contributed by atoms with Crippen LogP contribution >= 0.6 is 11.8 Å². The Morgan fingerprint density at radius 1 is 1.43 bits per heavy atom. The molecular formula is C14H16N2O4S. The molecule has 0 spiro atoms. The van der Waals surface area contributed by atoms with Crippen LogP contribution in [-0.4, -0.2) is 52.5 Å². The molecule has 2 rings (SSSR count). The average molecular weight is 308 g/mol. The zero-order valence-corrected chi connectivity index (χ0v) is 12.4. The number of nitrogens with one attached hydrogen (secondary N) is 1. The minimum absolute atomic E-state index is 0.152. The van der Waals surface area contributed by atoms with Gasteiger partial charge in [0.2, 0.25) is 5.91 Å². The molecular weight excluding hydrogens is 292 g/mol. The summed E-state index contributed by atoms with van der Waals surface area (Å²) >= 11 is 1.10. The number of benzene rings is 1. The number of carbonyl (C=O) groups excluding carboxylic acids is 2. The molecule has 1 aliphatic rings. The lowest BCUT2D eigenvalue weighted by Gasteiger charge is -2.21. The van der Waals surface area contributed by atoms with Crippen LogP contribution in [0.4, 0.5) is 4.79 Å². The molecule has 0 aliphatic carbocycles. The van der Waals surface area contributed by atoms with Crippen LogP contribution in [0.25, 0.3) is 0 Å². The molecule has 1 saturated heterocycles. The Balaban J connectivity index is 1.95. The van der Waals surface area contributed by atoms with Crippen molar-refractivity contribution in [3.8, 4) is 0 Å². The first-order valence-electron chi connectivity index (χ1n) is 6.48. The molecule has 1 fully saturated rings. The summed E-state index contributed by atoms with van der Waals surface area (Å²) in [6.45, 7) is 0.403. The van der Waals surface area contributed by atoms with E-state index in [0.717, 1.165) is 11.8 Å². The standard InChI is InChI=1S/C14H16N2O4S/c1-16(12(17)11-8-21-14(20)15-11)7-6-9-4-2-3-5-10(9)13(18)19/h2-5,11H,6-8H2,1H3,(H,15,20)(H,18,19). The Bertz CT molecular complexity index is 576. The molecule has 0 aromatic heterocycles. The zero-order valence-electron chi connectivity index (χ0n) is 11.5. The summed E-state index contributed by atoms with van der Waals surface area (Å²) in [7, 11) is 1.65. The van der Waals surface area contributed by atoms with Crippen molar-refractivity contribution in [2.24, 2.45) is 0 Å². The summed E-state index contributed by atoms with van der Waals surface area (Å²) in [5, 5.41) is 11.5. The van der Waals surface area contributed by atoms with Crippen LogP contribution < -0.4 is 5.32 Å². The summed E-state index contributed by atoms with van der Waals surface area (Å²) in [5.41, 5.74) is 0.942. The van der Waals surface area contributed by atoms with E-state index in [1.165, 1.54) is 4.90 Å². The second kappa shape index (κ2) is 6.62. The molecule has 1 aromatic carbocycles. The van der Waals surface area contributed by atoms with Gasteiger partial charge >= 0.3 is 5.97 Å². The van der Waals surface area contributed by atoms with E-state index in [1.54, 1.807) is 31.3 Å². The molecule has 6 nitrogen and oxygen atoms in total. The van der Waals surface area contributed by atoms with E-state index in [0.29, 0.717) is 24.3 Å². The smallest absolute Gasteiger partial charge is 0.335 e. The average Bonchev–Trinajstić information content (AvgIpc) is 2.90. The third kappa shape index (κ3) is 3.75. The van der Waals surface area contributed by atoms with Crippen LogP contribution in [0.5, 0.6) is 0 Å². The lowest BCUT2D eigenvalue weighted by atomic mass is 10.0. The lowest BCUT2D eigenvalue weighted by Crippen LogP contribution is -2.44. The van der Waals surface area contributed by atoms with Crippen molar-refractivity contribution in [1.82, 2.24) is 10.2 Å². The van der Waals surface area contributed by atoms with E-state index in [4.69, 9.17) is 5.11 Å². The highest BCUT2D eigenvalue weighted by Gasteiger charge is 2.30. The Kier molecular flexibility index (Phi) is 4.85. The summed E-state index contributed by atoms with van der Waals surface area (Å²) in [6, 6.07) is 6.26. The minimum Gasteiger partial charge on any atom is -0.478 e. The third-order valence-corrected chi connectivity index (χ3v) is 4.19. The molecule has 1 aliphatic heterocycles. The van der Waals surface area contributed by atoms with Crippen molar-refractivity contribution < 1.29 is 19.5 Å². The van der Waals surface area contributed by atoms with Gasteiger partial charge in [-0.3, -0.25) is 9.59 Å². The van der Waals surface area contributed by atoms with Crippen LogP contribution in [-0.2, 0) is 11.2 Å². The molecule has 1 heterocycles. The maximum absolute atomic E-state index is 12.1. The molecule has 2 N–H and O–H groups in total. The maximum Gasteiger partial charge on any atom is 0.335 e. The van der Waals surface area contributed by atoms with E-state index in [-0.39, 0.29) is 16.7 Å². The second-order valence-corrected chi connectivity index (χ2v) is 5.76. The quantitative estimate of drug-likeness (QED) is 0.854. The monoisotopic (exact) mass is 308 g/mol. The van der Waals surface area contributed by atoms with E-state index < -0.39 is 12.0 Å². The molecule has 0 bridgehead atoms. The predicted octanol–water partition coefficient (Wildman–Crippen LogP) is 1.21. The minimum atomic E-state index is -0.973. The van der Waals surface area contributed by atoms with Gasteiger partial charge in [-0.1, -0.05) is 30.0 Å². The third-order valence-electron chi connectivity index (χ3n) is 3.31. The number of carboxylic acids is 1. The Hall–Kier alpha value is -2.02. The van der Waals surface area contributed by atoms with Gasteiger partial charge in [0.05, 0.1) is 5.56 Å². The first kappa shape index (κ1) is 15.4. The first-order chi connectivity index (χ1) is 9.99. The molecule has 7 heteroatoms. The second-order valence-electron chi connectivity index (χ2n) is 4.77. The van der Waals surface area contributed by atoms with E-state index in [9.17, 15) is 14.4 Å². The number of carboxylic acid groups (broad SMARTS) is 1. The molecule has 21 heavy (non-hydrogen) atoms. The van der Waals surface area contributed by atoms with Gasteiger partial charge in [0.15, 0.2) is 0 Å². The number of likely N-dealkylation sites (N-methyl/N-ethyl adjacent to an activating group) is 1. The number of thioether (sulfide) groups is 1. The maximum atomic E-state index is 12.1. The van der Waals surface area contributed by atoms with Gasteiger partial charge in [-0.25, -0.2) is 4.79 Å². The van der Waals surface area contributed by atoms with Gasteiger partial charge in [0.1, 0.15) is 6.04 Å². The van der Waals surface area contributed by atoms with E-state index in [2.05, 4.69) is 5.32 Å². The van der Waals surface area contributed by atoms with Crippen LogP contribution in [0.2, 0.25) is 0 Å². The van der Waals surface area contributed by atoms with Crippen molar-refractivity contribution in [2.45, 2.75) is 12.5 Å². The highest BCUT2D eigenvalue weighted by molar-refractivity contribution is 8.14. The van der Waals surface area contributed by atoms with Crippen molar-refractivity contribution in [1.29, 1.82) is 0 Å². The Morgan fingerprint density at radius 3 is 2.76 bits per heavy atom. The number of hydrogen-bond donors (Lipinski definition) is 2. The molecule has 1 aromatic rings. The van der Waals surface area contributed by atoms with E-state index >= 15 is 0 Å². The topological polar surface area (TPSA) is 86.7 Å². The largest absolute Gasteiger partial charge is 0.478 e. The number of carbonyl (C=O) groups is 3. The van der Waals surface area contributed by atoms with Gasteiger partial charge < -0.3 is 15.3 Å². The highest BCUT2D eigenvalue weighted by atomic mass is 32.2. The van der Waals surface area contributed by atoms with Crippen LogP contribution in [0, 0.1) is 0 Å². The van der Waals surface area contributed by atoms with E-state index in [1.807, 2.05) is 0 Å². The summed E-state index contributed by atoms with van der Waals surface area (Å²) in [6.07, 6.45) is 0.457. The lowest BCUT2D eigenvalue weighted by molar-refractivity contribution is -0.131. The van der Waals surface area contributed by atoms with Crippen molar-refractivity contribution in [3.05, 3.63) is 35.4 Å². The molecule has 1 atom stereocenters. The van der Waals surface area contributed by atoms with Crippen molar-refractivity contribution in [3.63, 3.8) is 0 Å². The van der Waals surface area contributed by atoms with Gasteiger partial charge in [-0.15, -0.1) is 0 Å². The Morgan fingerprint density at radius 2 is 2.14 bits per heavy atom. The number of hydrogen-bond acceptors (Lipinski definition) is 4. The van der Waals surface area contributed by atoms with Gasteiger partial charge in [0.25, 0.3) is 5.24 Å². The van der Waals surface area contributed by atoms with Crippen molar-refractivity contribution >= 4 is 28.9 Å². The van der Waals surface area contributed by atoms with Gasteiger partial charge in [-0.2, -0.15) is 0 Å². The Labute approximate surface area is 126 Å². The fourth-order valence-electron chi connectivity index (χ4n) is 2.13. The SMILES string of the molecule is CN(CCc1ccccc1C(=O)O)C(=O)C1CSC(=O)N1. The summed E-state index contributed by atoms with van der Waals surface area (Å²) in [4.78, 5) is 35.8. The summed E-state index contributed by atoms with van der Waals surface area (Å²) < 4.78 is 0. The molecule has 1 unspecified atom stereocenters. The van der Waals surface area contributed by atoms with Crippen LogP contribution in [0.1, 0.15) is 15.9 Å². The molecule has 0 radical (unpaired) electrons. The number of aromatic carboxylic acids is 1.